The maximum absolute atomic E-state index is 10.6. The van der Waals surface area contributed by atoms with Gasteiger partial charge in [-0.05, 0) is 45.7 Å². The van der Waals surface area contributed by atoms with Gasteiger partial charge in [-0.1, -0.05) is 32.3 Å². The summed E-state index contributed by atoms with van der Waals surface area (Å²) in [7, 11) is 0. The molecule has 0 aromatic rings. The summed E-state index contributed by atoms with van der Waals surface area (Å²) < 4.78 is 0. The normalized spacial score (nSPS) is 20.8. The van der Waals surface area contributed by atoms with Gasteiger partial charge in [-0.25, -0.2) is 0 Å². The average Bonchev–Trinajstić information content (AvgIpc) is 2.78. The summed E-state index contributed by atoms with van der Waals surface area (Å²) >= 11 is 0. The predicted octanol–water partition coefficient (Wildman–Crippen LogP) is 3.36. The van der Waals surface area contributed by atoms with Gasteiger partial charge >= 0.3 is 0 Å². The Bertz CT molecular complexity index is 239. The summed E-state index contributed by atoms with van der Waals surface area (Å²) in [4.78, 5) is 2.48. The summed E-state index contributed by atoms with van der Waals surface area (Å²) in [6.45, 7) is 12.5. The Morgan fingerprint density at radius 1 is 1.29 bits per heavy atom. The SMILES string of the molecule is C=C(C)CCC(O)C1(N(CC)CC)CCCC1. The molecule has 1 rings (SSSR count). The topological polar surface area (TPSA) is 23.5 Å². The fourth-order valence-electron chi connectivity index (χ4n) is 3.35. The van der Waals surface area contributed by atoms with E-state index in [2.05, 4.69) is 25.3 Å². The molecule has 1 fully saturated rings. The first-order chi connectivity index (χ1) is 8.06. The summed E-state index contributed by atoms with van der Waals surface area (Å²) in [5.74, 6) is 0. The monoisotopic (exact) mass is 239 g/mol. The molecule has 1 atom stereocenters. The number of aliphatic hydroxyl groups is 1. The number of hydrogen-bond donors (Lipinski definition) is 1. The van der Waals surface area contributed by atoms with Crippen molar-refractivity contribution >= 4 is 0 Å². The van der Waals surface area contributed by atoms with Crippen molar-refractivity contribution in [1.29, 1.82) is 0 Å². The highest BCUT2D eigenvalue weighted by molar-refractivity contribution is 5.01. The second-order valence-corrected chi connectivity index (χ2v) is 5.49. The van der Waals surface area contributed by atoms with E-state index in [4.69, 9.17) is 0 Å². The van der Waals surface area contributed by atoms with Crippen LogP contribution in [0.15, 0.2) is 12.2 Å². The standard InChI is InChI=1S/C15H29NO/c1-5-16(6-2)15(11-7-8-12-15)14(17)10-9-13(3)4/h14,17H,3,5-12H2,1-2,4H3. The third kappa shape index (κ3) is 3.32. The van der Waals surface area contributed by atoms with Gasteiger partial charge in [0.25, 0.3) is 0 Å². The molecule has 100 valence electrons. The van der Waals surface area contributed by atoms with Crippen LogP contribution in [0.5, 0.6) is 0 Å². The maximum atomic E-state index is 10.6. The summed E-state index contributed by atoms with van der Waals surface area (Å²) in [6.07, 6.45) is 6.47. The zero-order valence-corrected chi connectivity index (χ0v) is 11.8. The third-order valence-corrected chi connectivity index (χ3v) is 4.33. The molecule has 1 saturated carbocycles. The molecule has 1 aliphatic rings. The maximum Gasteiger partial charge on any atom is 0.0726 e. The van der Waals surface area contributed by atoms with Crippen LogP contribution in [0, 0.1) is 0 Å². The first-order valence-corrected chi connectivity index (χ1v) is 7.14. The molecule has 0 aromatic carbocycles. The van der Waals surface area contributed by atoms with Crippen molar-refractivity contribution in [2.45, 2.75) is 70.9 Å². The Balaban J connectivity index is 2.72. The first-order valence-electron chi connectivity index (χ1n) is 7.14. The third-order valence-electron chi connectivity index (χ3n) is 4.33. The minimum absolute atomic E-state index is 0.0545. The summed E-state index contributed by atoms with van der Waals surface area (Å²) in [5.41, 5.74) is 1.23. The Morgan fingerprint density at radius 3 is 2.24 bits per heavy atom. The highest BCUT2D eigenvalue weighted by Crippen LogP contribution is 2.39. The molecule has 17 heavy (non-hydrogen) atoms. The molecule has 0 aliphatic heterocycles. The molecule has 0 saturated heterocycles. The van der Waals surface area contributed by atoms with Crippen LogP contribution in [0.4, 0.5) is 0 Å². The molecule has 1 unspecified atom stereocenters. The zero-order valence-electron chi connectivity index (χ0n) is 11.8. The largest absolute Gasteiger partial charge is 0.391 e. The first kappa shape index (κ1) is 14.7. The van der Waals surface area contributed by atoms with E-state index in [0.717, 1.165) is 38.8 Å². The van der Waals surface area contributed by atoms with Gasteiger partial charge in [0, 0.05) is 5.54 Å². The Morgan fingerprint density at radius 2 is 1.82 bits per heavy atom. The number of aliphatic hydroxyl groups excluding tert-OH is 1. The summed E-state index contributed by atoms with van der Waals surface area (Å²) in [6, 6.07) is 0. The number of rotatable bonds is 7. The van der Waals surface area contributed by atoms with Crippen LogP contribution in [0.3, 0.4) is 0 Å². The number of hydrogen-bond acceptors (Lipinski definition) is 2. The van der Waals surface area contributed by atoms with E-state index in [-0.39, 0.29) is 11.6 Å². The van der Waals surface area contributed by atoms with E-state index in [0.29, 0.717) is 0 Å². The number of nitrogens with zero attached hydrogens (tertiary/aromatic N) is 1. The van der Waals surface area contributed by atoms with Gasteiger partial charge < -0.3 is 5.11 Å². The fraction of sp³-hybridized carbons (Fsp3) is 0.867. The van der Waals surface area contributed by atoms with Crippen molar-refractivity contribution in [2.75, 3.05) is 13.1 Å². The molecule has 0 heterocycles. The van der Waals surface area contributed by atoms with E-state index in [9.17, 15) is 5.11 Å². The fourth-order valence-corrected chi connectivity index (χ4v) is 3.35. The quantitative estimate of drug-likeness (QED) is 0.689. The van der Waals surface area contributed by atoms with Crippen molar-refractivity contribution in [3.05, 3.63) is 12.2 Å². The van der Waals surface area contributed by atoms with E-state index < -0.39 is 0 Å². The van der Waals surface area contributed by atoms with Crippen LogP contribution >= 0.6 is 0 Å². The zero-order chi connectivity index (χ0) is 12.9. The molecule has 0 bridgehead atoms. The predicted molar refractivity (Wildman–Crippen MR) is 74.2 cm³/mol. The highest BCUT2D eigenvalue weighted by atomic mass is 16.3. The number of likely N-dealkylation sites (N-methyl/N-ethyl adjacent to an activating group) is 1. The van der Waals surface area contributed by atoms with E-state index in [1.165, 1.54) is 18.4 Å². The Hall–Kier alpha value is -0.340. The van der Waals surface area contributed by atoms with Crippen molar-refractivity contribution in [2.24, 2.45) is 0 Å². The average molecular weight is 239 g/mol. The lowest BCUT2D eigenvalue weighted by atomic mass is 9.85. The minimum atomic E-state index is -0.193. The van der Waals surface area contributed by atoms with Gasteiger partial charge in [0.15, 0.2) is 0 Å². The van der Waals surface area contributed by atoms with Gasteiger partial charge in [-0.3, -0.25) is 4.90 Å². The van der Waals surface area contributed by atoms with Crippen LogP contribution in [-0.2, 0) is 0 Å². The van der Waals surface area contributed by atoms with E-state index >= 15 is 0 Å². The van der Waals surface area contributed by atoms with Crippen molar-refractivity contribution in [1.82, 2.24) is 4.90 Å². The second kappa shape index (κ2) is 6.55. The van der Waals surface area contributed by atoms with E-state index in [1.807, 2.05) is 6.92 Å². The smallest absolute Gasteiger partial charge is 0.0726 e. The second-order valence-electron chi connectivity index (χ2n) is 5.49. The Labute approximate surface area is 107 Å². The molecular weight excluding hydrogens is 210 g/mol. The van der Waals surface area contributed by atoms with Crippen molar-refractivity contribution in [3.8, 4) is 0 Å². The lowest BCUT2D eigenvalue weighted by molar-refractivity contribution is -0.0287. The van der Waals surface area contributed by atoms with Crippen LogP contribution < -0.4 is 0 Å². The molecule has 0 radical (unpaired) electrons. The number of allylic oxidation sites excluding steroid dienone is 1. The molecular formula is C15H29NO. The van der Waals surface area contributed by atoms with Crippen molar-refractivity contribution < 1.29 is 5.11 Å². The molecule has 0 amide bonds. The molecule has 1 N–H and O–H groups in total. The van der Waals surface area contributed by atoms with Crippen molar-refractivity contribution in [3.63, 3.8) is 0 Å². The van der Waals surface area contributed by atoms with E-state index in [1.54, 1.807) is 0 Å². The van der Waals surface area contributed by atoms with Crippen LogP contribution in [-0.4, -0.2) is 34.7 Å². The highest BCUT2D eigenvalue weighted by Gasteiger charge is 2.43. The molecule has 0 aromatic heterocycles. The van der Waals surface area contributed by atoms with Crippen LogP contribution in [0.25, 0.3) is 0 Å². The van der Waals surface area contributed by atoms with Gasteiger partial charge in [-0.2, -0.15) is 0 Å². The lowest BCUT2D eigenvalue weighted by Crippen LogP contribution is -2.54. The summed E-state index contributed by atoms with van der Waals surface area (Å²) in [5, 5.41) is 10.6. The Kier molecular flexibility index (Phi) is 5.68. The van der Waals surface area contributed by atoms with Gasteiger partial charge in [0.2, 0.25) is 0 Å². The van der Waals surface area contributed by atoms with Gasteiger partial charge in [0.1, 0.15) is 0 Å². The van der Waals surface area contributed by atoms with Gasteiger partial charge in [-0.15, -0.1) is 6.58 Å². The molecule has 2 nitrogen and oxygen atoms in total. The lowest BCUT2D eigenvalue weighted by Gasteiger charge is -2.44. The van der Waals surface area contributed by atoms with Crippen LogP contribution in [0.1, 0.15) is 59.3 Å². The minimum Gasteiger partial charge on any atom is -0.391 e. The molecule has 2 heteroatoms. The van der Waals surface area contributed by atoms with Gasteiger partial charge in [0.05, 0.1) is 6.10 Å². The molecule has 1 aliphatic carbocycles. The molecule has 0 spiro atoms. The van der Waals surface area contributed by atoms with Crippen LogP contribution in [0.2, 0.25) is 0 Å².